The lowest BCUT2D eigenvalue weighted by molar-refractivity contribution is 0.296. The molecule has 0 spiro atoms. The molecule has 0 aliphatic carbocycles. The molecule has 106 valence electrons. The molecule has 0 amide bonds. The van der Waals surface area contributed by atoms with Crippen molar-refractivity contribution in [3.8, 4) is 0 Å². The summed E-state index contributed by atoms with van der Waals surface area (Å²) in [6.07, 6.45) is 2.24. The smallest absolute Gasteiger partial charge is 0.0233 e. The van der Waals surface area contributed by atoms with Crippen molar-refractivity contribution < 1.29 is 0 Å². The van der Waals surface area contributed by atoms with E-state index >= 15 is 0 Å². The van der Waals surface area contributed by atoms with Crippen LogP contribution in [0.15, 0.2) is 54.6 Å². The quantitative estimate of drug-likeness (QED) is 0.722. The van der Waals surface area contributed by atoms with E-state index < -0.39 is 0 Å². The predicted octanol–water partition coefficient (Wildman–Crippen LogP) is 4.31. The fraction of sp³-hybridized carbons (Fsp3) is 0.368. The molecule has 2 rings (SSSR count). The molecule has 0 radical (unpaired) electrons. The molecule has 0 aliphatic rings. The maximum absolute atomic E-state index is 2.45. The highest BCUT2D eigenvalue weighted by Gasteiger charge is 2.02. The lowest BCUT2D eigenvalue weighted by Crippen LogP contribution is -2.22. The molecule has 1 heteroatoms. The van der Waals surface area contributed by atoms with E-state index in [1.807, 2.05) is 0 Å². The van der Waals surface area contributed by atoms with E-state index in [0.29, 0.717) is 0 Å². The van der Waals surface area contributed by atoms with Gasteiger partial charge >= 0.3 is 0 Å². The molecule has 0 heterocycles. The van der Waals surface area contributed by atoms with Gasteiger partial charge in [-0.05, 0) is 42.6 Å². The van der Waals surface area contributed by atoms with Crippen molar-refractivity contribution in [2.75, 3.05) is 13.1 Å². The van der Waals surface area contributed by atoms with Gasteiger partial charge in [0.15, 0.2) is 0 Å². The van der Waals surface area contributed by atoms with Gasteiger partial charge in [-0.25, -0.2) is 0 Å². The van der Waals surface area contributed by atoms with E-state index in [4.69, 9.17) is 0 Å². The summed E-state index contributed by atoms with van der Waals surface area (Å²) in [6, 6.07) is 19.8. The lowest BCUT2D eigenvalue weighted by Gasteiger charge is -2.18. The molecule has 2 aromatic carbocycles. The average molecular weight is 267 g/mol. The Hall–Kier alpha value is -1.60. The zero-order valence-corrected chi connectivity index (χ0v) is 12.7. The molecule has 0 aliphatic heterocycles. The van der Waals surface area contributed by atoms with Crippen molar-refractivity contribution in [2.24, 2.45) is 0 Å². The first kappa shape index (κ1) is 14.8. The molecule has 0 N–H and O–H groups in total. The van der Waals surface area contributed by atoms with Crippen molar-refractivity contribution >= 4 is 0 Å². The van der Waals surface area contributed by atoms with Crippen LogP contribution < -0.4 is 0 Å². The Balaban J connectivity index is 1.95. The van der Waals surface area contributed by atoms with E-state index in [-0.39, 0.29) is 0 Å². The summed E-state index contributed by atoms with van der Waals surface area (Å²) in [5, 5.41) is 0. The Morgan fingerprint density at radius 2 is 1.30 bits per heavy atom. The Morgan fingerprint density at radius 1 is 0.700 bits per heavy atom. The van der Waals surface area contributed by atoms with Crippen LogP contribution in [0.25, 0.3) is 0 Å². The van der Waals surface area contributed by atoms with Crippen molar-refractivity contribution in [3.63, 3.8) is 0 Å². The first-order chi connectivity index (χ1) is 9.81. The number of nitrogens with zero attached hydrogens (tertiary/aromatic N) is 1. The summed E-state index contributed by atoms with van der Waals surface area (Å²) in [6.45, 7) is 7.74. The fourth-order valence-corrected chi connectivity index (χ4v) is 2.52. The summed E-state index contributed by atoms with van der Waals surface area (Å²) in [7, 11) is 0. The second-order valence-electron chi connectivity index (χ2n) is 5.27. The standard InChI is InChI=1S/C19H25N/c1-3-20(4-2)16-19-12-8-11-18(15-19)14-13-17-9-6-5-7-10-17/h5-12,15H,3-4,13-14,16H2,1-2H3. The van der Waals surface area contributed by atoms with Crippen LogP contribution in [0.1, 0.15) is 30.5 Å². The van der Waals surface area contributed by atoms with Gasteiger partial charge in [0.05, 0.1) is 0 Å². The molecular weight excluding hydrogens is 242 g/mol. The summed E-state index contributed by atoms with van der Waals surface area (Å²) in [4.78, 5) is 2.45. The highest BCUT2D eigenvalue weighted by molar-refractivity contribution is 5.25. The molecular formula is C19H25N. The van der Waals surface area contributed by atoms with Crippen LogP contribution in [0.4, 0.5) is 0 Å². The average Bonchev–Trinajstić information content (AvgIpc) is 2.52. The maximum Gasteiger partial charge on any atom is 0.0233 e. The van der Waals surface area contributed by atoms with E-state index in [0.717, 1.165) is 32.5 Å². The third-order valence-electron chi connectivity index (χ3n) is 3.84. The summed E-state index contributed by atoms with van der Waals surface area (Å²) < 4.78 is 0. The Kier molecular flexibility index (Phi) is 5.82. The van der Waals surface area contributed by atoms with Crippen LogP contribution in [0, 0.1) is 0 Å². The van der Waals surface area contributed by atoms with Gasteiger partial charge in [0.25, 0.3) is 0 Å². The van der Waals surface area contributed by atoms with E-state index in [9.17, 15) is 0 Å². The minimum absolute atomic E-state index is 1.06. The SMILES string of the molecule is CCN(CC)Cc1cccc(CCc2ccccc2)c1. The first-order valence-electron chi connectivity index (χ1n) is 7.66. The largest absolute Gasteiger partial charge is 0.300 e. The van der Waals surface area contributed by atoms with E-state index in [2.05, 4.69) is 73.3 Å². The third-order valence-corrected chi connectivity index (χ3v) is 3.84. The number of rotatable bonds is 7. The number of hydrogen-bond donors (Lipinski definition) is 0. The molecule has 0 atom stereocenters. The van der Waals surface area contributed by atoms with Crippen molar-refractivity contribution in [1.82, 2.24) is 4.90 Å². The molecule has 0 saturated heterocycles. The van der Waals surface area contributed by atoms with E-state index in [1.165, 1.54) is 16.7 Å². The zero-order chi connectivity index (χ0) is 14.2. The summed E-state index contributed by atoms with van der Waals surface area (Å²) in [5.41, 5.74) is 4.29. The van der Waals surface area contributed by atoms with Gasteiger partial charge < -0.3 is 0 Å². The van der Waals surface area contributed by atoms with E-state index in [1.54, 1.807) is 0 Å². The second-order valence-corrected chi connectivity index (χ2v) is 5.27. The molecule has 2 aromatic rings. The van der Waals surface area contributed by atoms with Gasteiger partial charge in [-0.3, -0.25) is 4.90 Å². The monoisotopic (exact) mass is 267 g/mol. The minimum atomic E-state index is 1.06. The molecule has 0 unspecified atom stereocenters. The van der Waals surface area contributed by atoms with Gasteiger partial charge in [-0.2, -0.15) is 0 Å². The van der Waals surface area contributed by atoms with Gasteiger partial charge in [0.2, 0.25) is 0 Å². The summed E-state index contributed by atoms with van der Waals surface area (Å²) >= 11 is 0. The Morgan fingerprint density at radius 3 is 2.00 bits per heavy atom. The zero-order valence-electron chi connectivity index (χ0n) is 12.7. The second kappa shape index (κ2) is 7.86. The number of hydrogen-bond acceptors (Lipinski definition) is 1. The normalized spacial score (nSPS) is 10.9. The first-order valence-corrected chi connectivity index (χ1v) is 7.66. The molecule has 0 bridgehead atoms. The number of benzene rings is 2. The molecule has 0 aromatic heterocycles. The topological polar surface area (TPSA) is 3.24 Å². The lowest BCUT2D eigenvalue weighted by atomic mass is 10.0. The van der Waals surface area contributed by atoms with Gasteiger partial charge in [-0.1, -0.05) is 68.4 Å². The highest BCUT2D eigenvalue weighted by Crippen LogP contribution is 2.11. The van der Waals surface area contributed by atoms with Crippen LogP contribution in [0.2, 0.25) is 0 Å². The van der Waals surface area contributed by atoms with Crippen LogP contribution in [-0.4, -0.2) is 18.0 Å². The highest BCUT2D eigenvalue weighted by atomic mass is 15.1. The van der Waals surface area contributed by atoms with Gasteiger partial charge in [0, 0.05) is 6.54 Å². The van der Waals surface area contributed by atoms with Crippen molar-refractivity contribution in [1.29, 1.82) is 0 Å². The molecule has 0 saturated carbocycles. The summed E-state index contributed by atoms with van der Waals surface area (Å²) in [5.74, 6) is 0. The Bertz CT molecular complexity index is 500. The van der Waals surface area contributed by atoms with Crippen LogP contribution in [-0.2, 0) is 19.4 Å². The Labute approximate surface area is 123 Å². The molecule has 0 fully saturated rings. The van der Waals surface area contributed by atoms with Crippen LogP contribution >= 0.6 is 0 Å². The van der Waals surface area contributed by atoms with Gasteiger partial charge in [-0.15, -0.1) is 0 Å². The van der Waals surface area contributed by atoms with Crippen LogP contribution in [0.5, 0.6) is 0 Å². The molecule has 1 nitrogen and oxygen atoms in total. The van der Waals surface area contributed by atoms with Crippen molar-refractivity contribution in [3.05, 3.63) is 71.3 Å². The third kappa shape index (κ3) is 4.50. The minimum Gasteiger partial charge on any atom is -0.300 e. The van der Waals surface area contributed by atoms with Crippen LogP contribution in [0.3, 0.4) is 0 Å². The number of aryl methyl sites for hydroxylation is 2. The van der Waals surface area contributed by atoms with Gasteiger partial charge in [0.1, 0.15) is 0 Å². The fourth-order valence-electron chi connectivity index (χ4n) is 2.52. The maximum atomic E-state index is 2.45. The molecule has 20 heavy (non-hydrogen) atoms. The predicted molar refractivity (Wildman–Crippen MR) is 86.9 cm³/mol. The van der Waals surface area contributed by atoms with Crippen molar-refractivity contribution in [2.45, 2.75) is 33.2 Å².